The summed E-state index contributed by atoms with van der Waals surface area (Å²) in [6.07, 6.45) is 12.2. The Hall–Kier alpha value is -1.94. The summed E-state index contributed by atoms with van der Waals surface area (Å²) in [6, 6.07) is 2.28. The first-order valence-corrected chi connectivity index (χ1v) is 17.4. The molecule has 0 aliphatic heterocycles. The molecule has 0 unspecified atom stereocenters. The molecule has 0 atom stereocenters. The topological polar surface area (TPSA) is 105 Å². The summed E-state index contributed by atoms with van der Waals surface area (Å²) < 4.78 is 21.4. The first-order valence-electron chi connectivity index (χ1n) is 15.1. The van der Waals surface area contributed by atoms with Gasteiger partial charge in [-0.25, -0.2) is 19.2 Å². The molecule has 0 aromatic heterocycles. The van der Waals surface area contributed by atoms with Gasteiger partial charge in [-0.3, -0.25) is 0 Å². The Labute approximate surface area is 297 Å². The highest BCUT2D eigenvalue weighted by molar-refractivity contribution is 6.47. The summed E-state index contributed by atoms with van der Waals surface area (Å²) in [6.45, 7) is 0.230. The van der Waals surface area contributed by atoms with E-state index < -0.39 is 46.5 Å². The molecule has 46 heavy (non-hydrogen) atoms. The second-order valence-electron chi connectivity index (χ2n) is 11.4. The van der Waals surface area contributed by atoms with Crippen LogP contribution in [0.15, 0.2) is 12.1 Å². The maximum Gasteiger partial charge on any atom is 0.423 e. The maximum atomic E-state index is 13.2. The summed E-state index contributed by atoms with van der Waals surface area (Å²) in [5.41, 5.74) is -0.881. The fraction of sp³-hybridized carbons (Fsp3) is 0.500. The van der Waals surface area contributed by atoms with Gasteiger partial charge in [-0.15, -0.1) is 0 Å². The minimum absolute atomic E-state index is 0.106. The number of carbonyl (C=O) groups excluding carboxylic acids is 4. The van der Waals surface area contributed by atoms with Crippen molar-refractivity contribution in [3.8, 4) is 11.5 Å². The monoisotopic (exact) mass is 754 g/mol. The van der Waals surface area contributed by atoms with E-state index in [0.29, 0.717) is 0 Å². The molecule has 0 heterocycles. The molecule has 14 heteroatoms. The molecule has 2 saturated carbocycles. The van der Waals surface area contributed by atoms with Crippen LogP contribution < -0.4 is 9.47 Å². The Morgan fingerprint density at radius 2 is 0.848 bits per heavy atom. The molecule has 250 valence electrons. The van der Waals surface area contributed by atoms with Crippen molar-refractivity contribution < 1.29 is 38.1 Å². The lowest BCUT2D eigenvalue weighted by Gasteiger charge is -2.18. The first-order chi connectivity index (χ1) is 22.0. The number of hydrogen-bond acceptors (Lipinski definition) is 8. The number of rotatable bonds is 8. The molecular formula is C32H32Cl6O8. The van der Waals surface area contributed by atoms with Gasteiger partial charge in [0, 0.05) is 0 Å². The SMILES string of the molecule is O=C(Oc1c(Cl)cc(Cl)c(Cl)c1C(=O)OCC1CCCCCC1)C(=O)Oc1c(Cl)cc(Cl)c(Cl)c1C(=O)OCC1CCCCCC1. The van der Waals surface area contributed by atoms with Crippen molar-refractivity contribution in [1.82, 2.24) is 0 Å². The maximum absolute atomic E-state index is 13.2. The zero-order valence-corrected chi connectivity index (χ0v) is 29.3. The Kier molecular flexibility index (Phi) is 14.0. The highest BCUT2D eigenvalue weighted by atomic mass is 35.5. The van der Waals surface area contributed by atoms with Gasteiger partial charge in [0.1, 0.15) is 11.1 Å². The quantitative estimate of drug-likeness (QED) is 0.0862. The third-order valence-electron chi connectivity index (χ3n) is 8.07. The number of halogens is 6. The number of hydrogen-bond donors (Lipinski definition) is 0. The van der Waals surface area contributed by atoms with E-state index in [9.17, 15) is 19.2 Å². The van der Waals surface area contributed by atoms with Crippen LogP contribution in [0, 0.1) is 11.8 Å². The number of ether oxygens (including phenoxy) is 4. The molecule has 8 nitrogen and oxygen atoms in total. The van der Waals surface area contributed by atoms with Gasteiger partial charge in [0.25, 0.3) is 0 Å². The average molecular weight is 757 g/mol. The number of benzene rings is 2. The third kappa shape index (κ3) is 9.57. The van der Waals surface area contributed by atoms with E-state index in [1.165, 1.54) is 0 Å². The van der Waals surface area contributed by atoms with E-state index in [-0.39, 0.29) is 55.2 Å². The molecule has 0 saturated heterocycles. The van der Waals surface area contributed by atoms with Gasteiger partial charge in [-0.05, 0) is 49.7 Å². The van der Waals surface area contributed by atoms with E-state index in [0.717, 1.165) is 89.2 Å². The Bertz CT molecular complexity index is 1350. The summed E-state index contributed by atoms with van der Waals surface area (Å²) in [5, 5.41) is -1.40. The van der Waals surface area contributed by atoms with Gasteiger partial charge in [0.15, 0.2) is 11.5 Å². The lowest BCUT2D eigenvalue weighted by molar-refractivity contribution is -0.156. The van der Waals surface area contributed by atoms with Crippen LogP contribution in [0.2, 0.25) is 30.1 Å². The highest BCUT2D eigenvalue weighted by Gasteiger charge is 2.32. The Morgan fingerprint density at radius 1 is 0.522 bits per heavy atom. The average Bonchev–Trinajstić information content (AvgIpc) is 3.45. The summed E-state index contributed by atoms with van der Waals surface area (Å²) >= 11 is 37.5. The fourth-order valence-electron chi connectivity index (χ4n) is 5.58. The second kappa shape index (κ2) is 17.5. The van der Waals surface area contributed by atoms with E-state index >= 15 is 0 Å². The van der Waals surface area contributed by atoms with Crippen molar-refractivity contribution in [3.63, 3.8) is 0 Å². The fourth-order valence-corrected chi connectivity index (χ4v) is 7.02. The van der Waals surface area contributed by atoms with Crippen molar-refractivity contribution in [2.75, 3.05) is 13.2 Å². The van der Waals surface area contributed by atoms with Gasteiger partial charge < -0.3 is 18.9 Å². The third-order valence-corrected chi connectivity index (χ3v) is 10.2. The van der Waals surface area contributed by atoms with Gasteiger partial charge >= 0.3 is 23.9 Å². The Balaban J connectivity index is 1.52. The van der Waals surface area contributed by atoms with Crippen molar-refractivity contribution in [2.45, 2.75) is 77.0 Å². The normalized spacial score (nSPS) is 16.2. The molecule has 0 spiro atoms. The van der Waals surface area contributed by atoms with Gasteiger partial charge in [0.2, 0.25) is 0 Å². The summed E-state index contributed by atoms with van der Waals surface area (Å²) in [5.74, 6) is -5.95. The smallest absolute Gasteiger partial charge is 0.423 e. The summed E-state index contributed by atoms with van der Waals surface area (Å²) in [4.78, 5) is 52.3. The minimum atomic E-state index is -1.63. The molecule has 2 fully saturated rings. The largest absolute Gasteiger partial charge is 0.462 e. The molecular weight excluding hydrogens is 725 g/mol. The van der Waals surface area contributed by atoms with Crippen LogP contribution >= 0.6 is 69.6 Å². The molecule has 2 aliphatic rings. The van der Waals surface area contributed by atoms with Crippen molar-refractivity contribution in [1.29, 1.82) is 0 Å². The minimum Gasteiger partial charge on any atom is -0.462 e. The zero-order chi connectivity index (χ0) is 33.4. The van der Waals surface area contributed by atoms with E-state index in [1.54, 1.807) is 0 Å². The predicted molar refractivity (Wildman–Crippen MR) is 177 cm³/mol. The second-order valence-corrected chi connectivity index (χ2v) is 13.8. The predicted octanol–water partition coefficient (Wildman–Crippen LogP) is 10.4. The van der Waals surface area contributed by atoms with Gasteiger partial charge in [-0.1, -0.05) is 121 Å². The molecule has 0 bridgehead atoms. The number of esters is 4. The molecule has 2 aromatic carbocycles. The molecule has 2 aliphatic carbocycles. The van der Waals surface area contributed by atoms with E-state index in [4.69, 9.17) is 88.6 Å². The lowest BCUT2D eigenvalue weighted by atomic mass is 10.0. The van der Waals surface area contributed by atoms with Crippen LogP contribution in [0.4, 0.5) is 0 Å². The van der Waals surface area contributed by atoms with E-state index in [2.05, 4.69) is 0 Å². The van der Waals surface area contributed by atoms with Crippen LogP contribution in [0.25, 0.3) is 0 Å². The standard InChI is InChI=1S/C32H32Cl6O8/c33-19-13-21(35)27(23(25(19)37)29(39)43-15-17-9-5-1-2-6-10-17)45-31(41)32(42)46-28-22(36)14-20(34)26(38)24(28)30(40)44-16-18-11-7-3-4-8-12-18/h13-14,17-18H,1-12,15-16H2. The molecule has 0 amide bonds. The summed E-state index contributed by atoms with van der Waals surface area (Å²) in [7, 11) is 0. The van der Waals surface area contributed by atoms with Crippen LogP contribution in [-0.4, -0.2) is 37.1 Å². The van der Waals surface area contributed by atoms with Gasteiger partial charge in [-0.2, -0.15) is 0 Å². The molecule has 0 N–H and O–H groups in total. The molecule has 0 radical (unpaired) electrons. The first kappa shape index (κ1) is 36.9. The Morgan fingerprint density at radius 3 is 1.17 bits per heavy atom. The van der Waals surface area contributed by atoms with Crippen LogP contribution in [0.1, 0.15) is 97.8 Å². The van der Waals surface area contributed by atoms with Crippen molar-refractivity contribution >= 4 is 93.5 Å². The highest BCUT2D eigenvalue weighted by Crippen LogP contribution is 2.42. The molecule has 4 rings (SSSR count). The van der Waals surface area contributed by atoms with Crippen LogP contribution in [-0.2, 0) is 19.1 Å². The molecule has 2 aromatic rings. The van der Waals surface area contributed by atoms with Crippen LogP contribution in [0.5, 0.6) is 11.5 Å². The number of carbonyl (C=O) groups is 4. The van der Waals surface area contributed by atoms with Crippen molar-refractivity contribution in [2.24, 2.45) is 11.8 Å². The van der Waals surface area contributed by atoms with Crippen molar-refractivity contribution in [3.05, 3.63) is 53.4 Å². The van der Waals surface area contributed by atoms with Gasteiger partial charge in [0.05, 0.1) is 43.3 Å². The lowest BCUT2D eigenvalue weighted by Crippen LogP contribution is -2.27. The zero-order valence-electron chi connectivity index (χ0n) is 24.7. The van der Waals surface area contributed by atoms with E-state index in [1.807, 2.05) is 0 Å². The van der Waals surface area contributed by atoms with Crippen LogP contribution in [0.3, 0.4) is 0 Å².